The summed E-state index contributed by atoms with van der Waals surface area (Å²) in [6.07, 6.45) is 3.59. The van der Waals surface area contributed by atoms with Crippen molar-refractivity contribution in [3.8, 4) is 0 Å². The van der Waals surface area contributed by atoms with E-state index in [-0.39, 0.29) is 11.8 Å². The molecule has 1 amide bonds. The first-order valence-corrected chi connectivity index (χ1v) is 10.4. The number of aromatic nitrogens is 4. The highest BCUT2D eigenvalue weighted by Crippen LogP contribution is 2.19. The van der Waals surface area contributed by atoms with Gasteiger partial charge in [0.2, 0.25) is 15.9 Å². The summed E-state index contributed by atoms with van der Waals surface area (Å²) in [5.41, 5.74) is 0. The first-order valence-electron chi connectivity index (χ1n) is 8.06. The van der Waals surface area contributed by atoms with Gasteiger partial charge in [-0.25, -0.2) is 17.8 Å². The molecular weight excluding hydrogens is 364 g/mol. The molecule has 1 aliphatic rings. The summed E-state index contributed by atoms with van der Waals surface area (Å²) in [6, 6.07) is 3.30. The Hall–Kier alpha value is -1.85. The molecule has 3 heterocycles. The van der Waals surface area contributed by atoms with Gasteiger partial charge in [-0.1, -0.05) is 6.07 Å². The van der Waals surface area contributed by atoms with E-state index < -0.39 is 10.0 Å². The van der Waals surface area contributed by atoms with E-state index in [1.165, 1.54) is 22.3 Å². The number of sulfonamides is 1. The Morgan fingerprint density at radius 1 is 1.44 bits per heavy atom. The second kappa shape index (κ2) is 8.02. The lowest BCUT2D eigenvalue weighted by Crippen LogP contribution is -2.43. The van der Waals surface area contributed by atoms with Crippen LogP contribution in [0.25, 0.3) is 0 Å². The van der Waals surface area contributed by atoms with E-state index in [1.807, 2.05) is 0 Å². The number of aryl methyl sites for hydroxylation is 1. The zero-order valence-corrected chi connectivity index (χ0v) is 15.2. The first kappa shape index (κ1) is 18.0. The van der Waals surface area contributed by atoms with Crippen LogP contribution in [0.4, 0.5) is 0 Å². The van der Waals surface area contributed by atoms with Gasteiger partial charge in [0.15, 0.2) is 0 Å². The SMILES string of the molecule is O=C(CCn1cnnn1)N1CCC[C@@H](CNS(=O)(=O)c2cccs2)C1. The first-order chi connectivity index (χ1) is 12.0. The van der Waals surface area contributed by atoms with E-state index in [2.05, 4.69) is 20.2 Å². The molecule has 0 spiro atoms. The van der Waals surface area contributed by atoms with E-state index in [0.717, 1.165) is 12.8 Å². The number of piperidine rings is 1. The Bertz CT molecular complexity index is 776. The van der Waals surface area contributed by atoms with Crippen molar-refractivity contribution in [3.63, 3.8) is 0 Å². The molecule has 0 unspecified atom stereocenters. The second-order valence-corrected chi connectivity index (χ2v) is 8.90. The van der Waals surface area contributed by atoms with Crippen LogP contribution in [0.5, 0.6) is 0 Å². The van der Waals surface area contributed by atoms with Gasteiger partial charge in [-0.15, -0.1) is 16.4 Å². The van der Waals surface area contributed by atoms with Crippen LogP contribution in [0.1, 0.15) is 19.3 Å². The number of likely N-dealkylation sites (tertiary alicyclic amines) is 1. The maximum Gasteiger partial charge on any atom is 0.250 e. The number of hydrogen-bond donors (Lipinski definition) is 1. The zero-order chi connectivity index (χ0) is 17.7. The van der Waals surface area contributed by atoms with Gasteiger partial charge in [0.25, 0.3) is 0 Å². The molecular formula is C14H20N6O3S2. The van der Waals surface area contributed by atoms with Gasteiger partial charge in [-0.05, 0) is 40.6 Å². The molecule has 0 radical (unpaired) electrons. The van der Waals surface area contributed by atoms with Crippen molar-refractivity contribution in [3.05, 3.63) is 23.8 Å². The summed E-state index contributed by atoms with van der Waals surface area (Å²) in [5, 5.41) is 12.5. The number of tetrazole rings is 1. The van der Waals surface area contributed by atoms with Crippen molar-refractivity contribution in [2.24, 2.45) is 5.92 Å². The van der Waals surface area contributed by atoms with Crippen molar-refractivity contribution in [1.82, 2.24) is 29.8 Å². The third-order valence-electron chi connectivity index (χ3n) is 4.14. The summed E-state index contributed by atoms with van der Waals surface area (Å²) >= 11 is 1.19. The normalized spacial score (nSPS) is 18.4. The molecule has 1 fully saturated rings. The Balaban J connectivity index is 1.48. The number of nitrogens with zero attached hydrogens (tertiary/aromatic N) is 5. The zero-order valence-electron chi connectivity index (χ0n) is 13.6. The molecule has 0 saturated carbocycles. The predicted molar refractivity (Wildman–Crippen MR) is 91.2 cm³/mol. The topological polar surface area (TPSA) is 110 Å². The lowest BCUT2D eigenvalue weighted by molar-refractivity contribution is -0.133. The summed E-state index contributed by atoms with van der Waals surface area (Å²) in [4.78, 5) is 14.1. The van der Waals surface area contributed by atoms with Crippen LogP contribution in [0.3, 0.4) is 0 Å². The number of amides is 1. The van der Waals surface area contributed by atoms with Gasteiger partial charge < -0.3 is 4.90 Å². The molecule has 1 saturated heterocycles. The van der Waals surface area contributed by atoms with Crippen LogP contribution in [0.2, 0.25) is 0 Å². The Morgan fingerprint density at radius 3 is 3.04 bits per heavy atom. The van der Waals surface area contributed by atoms with E-state index in [4.69, 9.17) is 0 Å². The minimum absolute atomic E-state index is 0.0429. The fraction of sp³-hybridized carbons (Fsp3) is 0.571. The molecule has 0 aromatic carbocycles. The van der Waals surface area contributed by atoms with Crippen LogP contribution >= 0.6 is 11.3 Å². The molecule has 9 nitrogen and oxygen atoms in total. The lowest BCUT2D eigenvalue weighted by atomic mass is 9.98. The third kappa shape index (κ3) is 4.83. The van der Waals surface area contributed by atoms with Gasteiger partial charge in [0.05, 0.1) is 6.54 Å². The number of thiophene rings is 1. The number of carbonyl (C=O) groups excluding carboxylic acids is 1. The summed E-state index contributed by atoms with van der Waals surface area (Å²) < 4.78 is 28.9. The largest absolute Gasteiger partial charge is 0.342 e. The van der Waals surface area contributed by atoms with Gasteiger partial charge in [-0.3, -0.25) is 4.79 Å². The molecule has 136 valence electrons. The van der Waals surface area contributed by atoms with Crippen LogP contribution in [-0.2, 0) is 21.4 Å². The van der Waals surface area contributed by atoms with Crippen molar-refractivity contribution < 1.29 is 13.2 Å². The average Bonchev–Trinajstić information content (AvgIpc) is 3.32. The standard InChI is InChI=1S/C14H20N6O3S2/c21-13(5-7-20-11-15-17-18-20)19-6-1-3-12(10-19)9-16-25(22,23)14-4-2-8-24-14/h2,4,8,11-12,16H,1,3,5-7,9-10H2/t12-/m0/s1. The predicted octanol–water partition coefficient (Wildman–Crippen LogP) is 0.342. The molecule has 2 aromatic heterocycles. The van der Waals surface area contributed by atoms with E-state index in [9.17, 15) is 13.2 Å². The van der Waals surface area contributed by atoms with E-state index in [1.54, 1.807) is 22.4 Å². The number of rotatable bonds is 7. The molecule has 11 heteroatoms. The van der Waals surface area contributed by atoms with Gasteiger partial charge in [0, 0.05) is 26.1 Å². The van der Waals surface area contributed by atoms with Crippen LogP contribution in [0.15, 0.2) is 28.0 Å². The monoisotopic (exact) mass is 384 g/mol. The molecule has 0 aliphatic carbocycles. The molecule has 25 heavy (non-hydrogen) atoms. The minimum Gasteiger partial charge on any atom is -0.342 e. The number of carbonyl (C=O) groups is 1. The van der Waals surface area contributed by atoms with E-state index in [0.29, 0.717) is 36.8 Å². The molecule has 1 atom stereocenters. The molecule has 2 aromatic rings. The van der Waals surface area contributed by atoms with Crippen molar-refractivity contribution in [2.45, 2.75) is 30.0 Å². The highest BCUT2D eigenvalue weighted by Gasteiger charge is 2.25. The van der Waals surface area contributed by atoms with Crippen LogP contribution in [-0.4, -0.2) is 59.1 Å². The Morgan fingerprint density at radius 2 is 2.32 bits per heavy atom. The molecule has 3 rings (SSSR count). The Labute approximate surface area is 150 Å². The molecule has 1 aliphatic heterocycles. The number of nitrogens with one attached hydrogen (secondary N) is 1. The van der Waals surface area contributed by atoms with Gasteiger partial charge >= 0.3 is 0 Å². The fourth-order valence-corrected chi connectivity index (χ4v) is 4.98. The van der Waals surface area contributed by atoms with E-state index >= 15 is 0 Å². The van der Waals surface area contributed by atoms with Crippen molar-refractivity contribution >= 4 is 27.3 Å². The minimum atomic E-state index is -3.45. The summed E-state index contributed by atoms with van der Waals surface area (Å²) in [5.74, 6) is 0.168. The fourth-order valence-electron chi connectivity index (χ4n) is 2.82. The van der Waals surface area contributed by atoms with Crippen LogP contribution < -0.4 is 4.72 Å². The van der Waals surface area contributed by atoms with Crippen LogP contribution in [0, 0.1) is 5.92 Å². The molecule has 0 bridgehead atoms. The third-order valence-corrected chi connectivity index (χ3v) is 6.96. The Kier molecular flexibility index (Phi) is 5.76. The lowest BCUT2D eigenvalue weighted by Gasteiger charge is -2.32. The highest BCUT2D eigenvalue weighted by atomic mass is 32.2. The smallest absolute Gasteiger partial charge is 0.250 e. The summed E-state index contributed by atoms with van der Waals surface area (Å²) in [6.45, 7) is 2.07. The highest BCUT2D eigenvalue weighted by molar-refractivity contribution is 7.91. The van der Waals surface area contributed by atoms with Crippen molar-refractivity contribution in [1.29, 1.82) is 0 Å². The average molecular weight is 384 g/mol. The maximum absolute atomic E-state index is 12.3. The number of hydrogen-bond acceptors (Lipinski definition) is 7. The summed E-state index contributed by atoms with van der Waals surface area (Å²) in [7, 11) is -3.45. The molecule has 1 N–H and O–H groups in total. The quantitative estimate of drug-likeness (QED) is 0.737. The maximum atomic E-state index is 12.3. The second-order valence-electron chi connectivity index (χ2n) is 5.95. The van der Waals surface area contributed by atoms with Gasteiger partial charge in [0.1, 0.15) is 10.5 Å². The van der Waals surface area contributed by atoms with Crippen molar-refractivity contribution in [2.75, 3.05) is 19.6 Å². The van der Waals surface area contributed by atoms with Gasteiger partial charge in [-0.2, -0.15) is 0 Å².